The van der Waals surface area contributed by atoms with Gasteiger partial charge in [0.05, 0.1) is 13.2 Å². The van der Waals surface area contributed by atoms with Crippen molar-refractivity contribution >= 4 is 24.8 Å². The highest BCUT2D eigenvalue weighted by Gasteiger charge is 2.50. The molecule has 2 aliphatic rings. The van der Waals surface area contributed by atoms with Gasteiger partial charge >= 0.3 is 0 Å². The number of rotatable bonds is 4. The van der Waals surface area contributed by atoms with Crippen LogP contribution in [0.25, 0.3) is 0 Å². The lowest BCUT2D eigenvalue weighted by molar-refractivity contribution is -0.355. The number of ether oxygens (including phenoxy) is 3. The zero-order valence-electron chi connectivity index (χ0n) is 12.8. The second kappa shape index (κ2) is 10.5. The molecular formula is C12H24Cl2O11. The van der Waals surface area contributed by atoms with E-state index in [2.05, 4.69) is 0 Å². The van der Waals surface area contributed by atoms with E-state index in [1.165, 1.54) is 0 Å². The van der Waals surface area contributed by atoms with Crippen molar-refractivity contribution in [2.24, 2.45) is 0 Å². The van der Waals surface area contributed by atoms with Crippen molar-refractivity contribution in [2.75, 3.05) is 13.2 Å². The molecule has 2 rings (SSSR count). The maximum Gasteiger partial charge on any atom is 0.187 e. The van der Waals surface area contributed by atoms with Gasteiger partial charge in [0.2, 0.25) is 0 Å². The van der Waals surface area contributed by atoms with E-state index in [1.54, 1.807) is 0 Å². The van der Waals surface area contributed by atoms with Crippen LogP contribution in [0.15, 0.2) is 0 Å². The molecule has 0 radical (unpaired) electrons. The van der Waals surface area contributed by atoms with Crippen LogP contribution in [0.2, 0.25) is 0 Å². The second-order valence-electron chi connectivity index (χ2n) is 5.53. The van der Waals surface area contributed by atoms with E-state index in [4.69, 9.17) is 19.3 Å². The number of aliphatic hydroxyl groups is 8. The molecule has 2 fully saturated rings. The maximum atomic E-state index is 9.94. The summed E-state index contributed by atoms with van der Waals surface area (Å²) in [5, 5.41) is 76.5. The molecular weight excluding hydrogens is 391 g/mol. The van der Waals surface area contributed by atoms with Crippen LogP contribution in [-0.2, 0) is 14.2 Å². The van der Waals surface area contributed by atoms with Crippen molar-refractivity contribution in [3.63, 3.8) is 0 Å². The first-order valence-corrected chi connectivity index (χ1v) is 7.08. The Morgan fingerprint density at radius 3 is 1.72 bits per heavy atom. The van der Waals surface area contributed by atoms with Crippen LogP contribution in [0.4, 0.5) is 0 Å². The quantitative estimate of drug-likeness (QED) is 0.221. The van der Waals surface area contributed by atoms with Gasteiger partial charge < -0.3 is 55.1 Å². The van der Waals surface area contributed by atoms with Crippen LogP contribution >= 0.6 is 24.8 Å². The Kier molecular flexibility index (Phi) is 10.5. The Morgan fingerprint density at radius 2 is 1.20 bits per heavy atom. The van der Waals surface area contributed by atoms with Crippen LogP contribution < -0.4 is 0 Å². The van der Waals surface area contributed by atoms with Gasteiger partial charge in [-0.1, -0.05) is 0 Å². The SMILES string of the molecule is Cl.Cl.OC[C@H]1O[C@@H](O[C@H]2[C@H](O)[C@@H](O)C(O)O[C@@H]2CO)[C@H](O)[C@@H](O)[C@H]1O. The van der Waals surface area contributed by atoms with E-state index in [9.17, 15) is 35.7 Å². The van der Waals surface area contributed by atoms with Gasteiger partial charge in [-0.3, -0.25) is 0 Å². The zero-order chi connectivity index (χ0) is 17.3. The minimum absolute atomic E-state index is 0. The summed E-state index contributed by atoms with van der Waals surface area (Å²) in [7, 11) is 0. The van der Waals surface area contributed by atoms with E-state index >= 15 is 0 Å². The summed E-state index contributed by atoms with van der Waals surface area (Å²) < 4.78 is 15.3. The highest BCUT2D eigenvalue weighted by atomic mass is 35.5. The first kappa shape index (κ1) is 25.1. The molecule has 2 saturated heterocycles. The van der Waals surface area contributed by atoms with Gasteiger partial charge in [0.15, 0.2) is 12.6 Å². The number of halogens is 2. The standard InChI is InChI=1S/C12H22O11.2ClH/c13-1-3-5(15)6(16)9(19)12(22-3)23-10-4(2-14)21-11(20)8(18)7(10)17;;/h3-20H,1-2H2;2*1H/t3-,4-,5+,6+,7-,8-,9-,10-,11?,12+;;/m1../s1. The molecule has 152 valence electrons. The summed E-state index contributed by atoms with van der Waals surface area (Å²) in [6.07, 6.45) is -15.6. The molecule has 0 aromatic heterocycles. The van der Waals surface area contributed by atoms with Crippen molar-refractivity contribution < 1.29 is 55.1 Å². The predicted octanol–water partition coefficient (Wildman–Crippen LogP) is -4.55. The summed E-state index contributed by atoms with van der Waals surface area (Å²) in [4.78, 5) is 0. The third kappa shape index (κ3) is 5.11. The largest absolute Gasteiger partial charge is 0.394 e. The Hall–Kier alpha value is 0.140. The maximum absolute atomic E-state index is 9.94. The van der Waals surface area contributed by atoms with Gasteiger partial charge in [-0.2, -0.15) is 0 Å². The lowest BCUT2D eigenvalue weighted by atomic mass is 9.97. The van der Waals surface area contributed by atoms with Gasteiger partial charge in [-0.05, 0) is 0 Å². The van der Waals surface area contributed by atoms with Crippen molar-refractivity contribution in [1.82, 2.24) is 0 Å². The molecule has 1 unspecified atom stereocenters. The monoisotopic (exact) mass is 414 g/mol. The molecule has 0 aromatic carbocycles. The van der Waals surface area contributed by atoms with Gasteiger partial charge in [0.1, 0.15) is 48.8 Å². The van der Waals surface area contributed by atoms with Crippen LogP contribution in [0.3, 0.4) is 0 Å². The molecule has 11 nitrogen and oxygen atoms in total. The molecule has 2 aliphatic heterocycles. The number of hydrogen-bond acceptors (Lipinski definition) is 11. The molecule has 0 aromatic rings. The van der Waals surface area contributed by atoms with Crippen molar-refractivity contribution in [1.29, 1.82) is 0 Å². The fourth-order valence-electron chi connectivity index (χ4n) is 2.57. The van der Waals surface area contributed by atoms with Gasteiger partial charge in [-0.25, -0.2) is 0 Å². The topological polar surface area (TPSA) is 190 Å². The lowest BCUT2D eigenvalue weighted by Gasteiger charge is -2.45. The molecule has 0 bridgehead atoms. The van der Waals surface area contributed by atoms with Crippen molar-refractivity contribution in [2.45, 2.75) is 61.4 Å². The van der Waals surface area contributed by atoms with Crippen LogP contribution in [0, 0.1) is 0 Å². The lowest BCUT2D eigenvalue weighted by Crippen LogP contribution is -2.64. The third-order valence-corrected chi connectivity index (χ3v) is 3.98. The summed E-state index contributed by atoms with van der Waals surface area (Å²) in [5.41, 5.74) is 0. The molecule has 0 amide bonds. The Labute approximate surface area is 155 Å². The van der Waals surface area contributed by atoms with Crippen molar-refractivity contribution in [3.05, 3.63) is 0 Å². The zero-order valence-corrected chi connectivity index (χ0v) is 14.4. The number of hydrogen-bond donors (Lipinski definition) is 8. The smallest absolute Gasteiger partial charge is 0.187 e. The molecule has 0 saturated carbocycles. The van der Waals surface area contributed by atoms with E-state index in [-0.39, 0.29) is 24.8 Å². The average Bonchev–Trinajstić information content (AvgIpc) is 2.55. The molecule has 13 heteroatoms. The van der Waals surface area contributed by atoms with Gasteiger partial charge in [0, 0.05) is 0 Å². The van der Waals surface area contributed by atoms with Crippen molar-refractivity contribution in [3.8, 4) is 0 Å². The van der Waals surface area contributed by atoms with Gasteiger partial charge in [-0.15, -0.1) is 24.8 Å². The summed E-state index contributed by atoms with van der Waals surface area (Å²) in [5.74, 6) is 0. The first-order chi connectivity index (χ1) is 10.8. The summed E-state index contributed by atoms with van der Waals surface area (Å²) >= 11 is 0. The normalized spacial score (nSPS) is 47.5. The number of aliphatic hydroxyl groups excluding tert-OH is 8. The van der Waals surface area contributed by atoms with E-state index in [1.807, 2.05) is 0 Å². The molecule has 10 atom stereocenters. The van der Waals surface area contributed by atoms with Crippen LogP contribution in [-0.4, -0.2) is 115 Å². The molecule has 2 heterocycles. The molecule has 25 heavy (non-hydrogen) atoms. The van der Waals surface area contributed by atoms with E-state index < -0.39 is 74.6 Å². The molecule has 0 spiro atoms. The Balaban J connectivity index is 0.00000288. The Bertz CT molecular complexity index is 388. The summed E-state index contributed by atoms with van der Waals surface area (Å²) in [6, 6.07) is 0. The average molecular weight is 415 g/mol. The highest BCUT2D eigenvalue weighted by molar-refractivity contribution is 5.85. The second-order valence-corrected chi connectivity index (χ2v) is 5.53. The van der Waals surface area contributed by atoms with Crippen LogP contribution in [0.5, 0.6) is 0 Å². The van der Waals surface area contributed by atoms with Crippen LogP contribution in [0.1, 0.15) is 0 Å². The minimum Gasteiger partial charge on any atom is -0.394 e. The highest BCUT2D eigenvalue weighted by Crippen LogP contribution is 2.28. The Morgan fingerprint density at radius 1 is 0.640 bits per heavy atom. The third-order valence-electron chi connectivity index (χ3n) is 3.98. The summed E-state index contributed by atoms with van der Waals surface area (Å²) in [6.45, 7) is -1.35. The fraction of sp³-hybridized carbons (Fsp3) is 1.00. The fourth-order valence-corrected chi connectivity index (χ4v) is 2.57. The van der Waals surface area contributed by atoms with E-state index in [0.717, 1.165) is 0 Å². The predicted molar refractivity (Wildman–Crippen MR) is 83.1 cm³/mol. The van der Waals surface area contributed by atoms with E-state index in [0.29, 0.717) is 0 Å². The first-order valence-electron chi connectivity index (χ1n) is 7.08. The van der Waals surface area contributed by atoms with Gasteiger partial charge in [0.25, 0.3) is 0 Å². The minimum atomic E-state index is -1.74. The molecule has 0 aliphatic carbocycles. The molecule has 8 N–H and O–H groups in total.